The van der Waals surface area contributed by atoms with Gasteiger partial charge in [0.25, 0.3) is 0 Å². The number of rotatable bonds is 7. The SMILES string of the molecule is CCCN(CCN(C)C)S(=O)(=O)c1c(C)cccc1N. The van der Waals surface area contributed by atoms with Crippen molar-refractivity contribution in [3.63, 3.8) is 0 Å². The van der Waals surface area contributed by atoms with Crippen molar-refractivity contribution in [3.8, 4) is 0 Å². The van der Waals surface area contributed by atoms with Crippen LogP contribution in [-0.4, -0.2) is 51.4 Å². The van der Waals surface area contributed by atoms with Crippen LogP contribution in [0.25, 0.3) is 0 Å². The number of nitrogens with zero attached hydrogens (tertiary/aromatic N) is 2. The van der Waals surface area contributed by atoms with Gasteiger partial charge in [-0.15, -0.1) is 0 Å². The molecule has 5 nitrogen and oxygen atoms in total. The maximum Gasteiger partial charge on any atom is 0.245 e. The highest BCUT2D eigenvalue weighted by Crippen LogP contribution is 2.25. The van der Waals surface area contributed by atoms with Crippen molar-refractivity contribution in [2.45, 2.75) is 25.2 Å². The molecule has 0 aliphatic rings. The van der Waals surface area contributed by atoms with E-state index in [0.717, 1.165) is 6.42 Å². The maximum atomic E-state index is 12.8. The summed E-state index contributed by atoms with van der Waals surface area (Å²) in [7, 11) is 0.320. The third-order valence-corrected chi connectivity index (χ3v) is 5.23. The van der Waals surface area contributed by atoms with E-state index in [1.165, 1.54) is 4.31 Å². The van der Waals surface area contributed by atoms with Gasteiger partial charge in [-0.05, 0) is 39.1 Å². The van der Waals surface area contributed by atoms with Gasteiger partial charge in [0.15, 0.2) is 0 Å². The van der Waals surface area contributed by atoms with Crippen LogP contribution in [0.5, 0.6) is 0 Å². The van der Waals surface area contributed by atoms with Crippen LogP contribution in [0.15, 0.2) is 23.1 Å². The van der Waals surface area contributed by atoms with Crippen LogP contribution in [0.3, 0.4) is 0 Å². The van der Waals surface area contributed by atoms with Crippen molar-refractivity contribution in [1.29, 1.82) is 0 Å². The fourth-order valence-electron chi connectivity index (χ4n) is 2.07. The van der Waals surface area contributed by atoms with E-state index in [-0.39, 0.29) is 4.90 Å². The fourth-order valence-corrected chi connectivity index (χ4v) is 3.91. The van der Waals surface area contributed by atoms with Crippen molar-refractivity contribution in [3.05, 3.63) is 23.8 Å². The molecule has 0 fully saturated rings. The van der Waals surface area contributed by atoms with E-state index < -0.39 is 10.0 Å². The summed E-state index contributed by atoms with van der Waals surface area (Å²) >= 11 is 0. The van der Waals surface area contributed by atoms with Crippen molar-refractivity contribution in [2.24, 2.45) is 0 Å². The third kappa shape index (κ3) is 3.94. The summed E-state index contributed by atoms with van der Waals surface area (Å²) in [5, 5.41) is 0. The third-order valence-electron chi connectivity index (χ3n) is 3.11. The van der Waals surface area contributed by atoms with Crippen LogP contribution >= 0.6 is 0 Å². The number of anilines is 1. The largest absolute Gasteiger partial charge is 0.398 e. The number of hydrogen-bond donors (Lipinski definition) is 1. The lowest BCUT2D eigenvalue weighted by Crippen LogP contribution is -2.37. The summed E-state index contributed by atoms with van der Waals surface area (Å²) in [6.45, 7) is 5.41. The van der Waals surface area contributed by atoms with E-state index in [1.54, 1.807) is 25.1 Å². The molecule has 0 unspecified atom stereocenters. The van der Waals surface area contributed by atoms with E-state index >= 15 is 0 Å². The van der Waals surface area contributed by atoms with Gasteiger partial charge in [0.1, 0.15) is 4.90 Å². The van der Waals surface area contributed by atoms with E-state index in [1.807, 2.05) is 25.9 Å². The molecular formula is C14H25N3O2S. The number of nitrogen functional groups attached to an aromatic ring is 1. The van der Waals surface area contributed by atoms with Crippen molar-refractivity contribution in [2.75, 3.05) is 39.5 Å². The highest BCUT2D eigenvalue weighted by atomic mass is 32.2. The van der Waals surface area contributed by atoms with Crippen LogP contribution in [0.4, 0.5) is 5.69 Å². The monoisotopic (exact) mass is 299 g/mol. The molecule has 0 amide bonds. The second-order valence-corrected chi connectivity index (χ2v) is 7.08. The number of aryl methyl sites for hydroxylation is 1. The summed E-state index contributed by atoms with van der Waals surface area (Å²) in [6, 6.07) is 5.18. The Morgan fingerprint density at radius 2 is 1.80 bits per heavy atom. The lowest BCUT2D eigenvalue weighted by atomic mass is 10.2. The molecule has 0 saturated heterocycles. The Hall–Kier alpha value is -1.11. The summed E-state index contributed by atoms with van der Waals surface area (Å²) in [6.07, 6.45) is 0.776. The molecule has 0 radical (unpaired) electrons. The van der Waals surface area contributed by atoms with Gasteiger partial charge in [-0.3, -0.25) is 0 Å². The van der Waals surface area contributed by atoms with Gasteiger partial charge in [-0.2, -0.15) is 4.31 Å². The molecule has 0 aromatic heterocycles. The predicted octanol–water partition coefficient (Wildman–Crippen LogP) is 1.54. The van der Waals surface area contributed by atoms with Gasteiger partial charge in [-0.1, -0.05) is 19.1 Å². The first-order valence-electron chi connectivity index (χ1n) is 6.80. The molecule has 0 aliphatic carbocycles. The second-order valence-electron chi connectivity index (χ2n) is 5.20. The molecule has 0 heterocycles. The summed E-state index contributed by atoms with van der Waals surface area (Å²) in [4.78, 5) is 2.21. The quantitative estimate of drug-likeness (QED) is 0.776. The standard InChI is InChI=1S/C14H25N3O2S/c1-5-9-17(11-10-16(3)4)20(18,19)14-12(2)7-6-8-13(14)15/h6-8H,5,9-11,15H2,1-4H3. The van der Waals surface area contributed by atoms with E-state index in [2.05, 4.69) is 0 Å². The van der Waals surface area contributed by atoms with Crippen LogP contribution in [0.2, 0.25) is 0 Å². The molecule has 114 valence electrons. The first-order valence-corrected chi connectivity index (χ1v) is 8.24. The van der Waals surface area contributed by atoms with Crippen molar-refractivity contribution in [1.82, 2.24) is 9.21 Å². The number of sulfonamides is 1. The summed E-state index contributed by atoms with van der Waals surface area (Å²) < 4.78 is 27.1. The molecular weight excluding hydrogens is 274 g/mol. The first-order chi connectivity index (χ1) is 9.30. The Kier molecular flexibility index (Phi) is 5.98. The molecule has 1 rings (SSSR count). The molecule has 1 aromatic rings. The predicted molar refractivity (Wildman–Crippen MR) is 83.2 cm³/mol. The topological polar surface area (TPSA) is 66.6 Å². The van der Waals surface area contributed by atoms with E-state index in [9.17, 15) is 8.42 Å². The molecule has 0 spiro atoms. The average molecular weight is 299 g/mol. The Balaban J connectivity index is 3.16. The molecule has 1 aromatic carbocycles. The second kappa shape index (κ2) is 7.06. The smallest absolute Gasteiger partial charge is 0.245 e. The summed E-state index contributed by atoms with van der Waals surface area (Å²) in [5.41, 5.74) is 6.89. The van der Waals surface area contributed by atoms with Gasteiger partial charge >= 0.3 is 0 Å². The molecule has 20 heavy (non-hydrogen) atoms. The minimum absolute atomic E-state index is 0.243. The minimum Gasteiger partial charge on any atom is -0.398 e. The molecule has 6 heteroatoms. The Bertz CT molecular complexity index is 521. The molecule has 0 atom stereocenters. The Labute approximate surface area is 122 Å². The van der Waals surface area contributed by atoms with Crippen molar-refractivity contribution >= 4 is 15.7 Å². The molecule has 0 saturated carbocycles. The van der Waals surface area contributed by atoms with Crippen LogP contribution in [0, 0.1) is 6.92 Å². The molecule has 2 N–H and O–H groups in total. The lowest BCUT2D eigenvalue weighted by Gasteiger charge is -2.24. The van der Waals surface area contributed by atoms with E-state index in [4.69, 9.17) is 5.73 Å². The van der Waals surface area contributed by atoms with Crippen LogP contribution in [0.1, 0.15) is 18.9 Å². The molecule has 0 aliphatic heterocycles. The van der Waals surface area contributed by atoms with Gasteiger partial charge in [0, 0.05) is 19.6 Å². The average Bonchev–Trinajstić information content (AvgIpc) is 2.33. The highest BCUT2D eigenvalue weighted by molar-refractivity contribution is 7.89. The summed E-state index contributed by atoms with van der Waals surface area (Å²) in [5.74, 6) is 0. The van der Waals surface area contributed by atoms with Crippen LogP contribution < -0.4 is 5.73 Å². The molecule has 0 bridgehead atoms. The van der Waals surface area contributed by atoms with Gasteiger partial charge < -0.3 is 10.6 Å². The van der Waals surface area contributed by atoms with Crippen molar-refractivity contribution < 1.29 is 8.42 Å². The zero-order valence-electron chi connectivity index (χ0n) is 12.8. The number of nitrogens with two attached hydrogens (primary N) is 1. The zero-order valence-corrected chi connectivity index (χ0v) is 13.6. The van der Waals surface area contributed by atoms with Crippen LogP contribution in [-0.2, 0) is 10.0 Å². The maximum absolute atomic E-state index is 12.8. The van der Waals surface area contributed by atoms with E-state index in [0.29, 0.717) is 30.9 Å². The Morgan fingerprint density at radius 1 is 1.15 bits per heavy atom. The number of benzene rings is 1. The number of likely N-dealkylation sites (N-methyl/N-ethyl adjacent to an activating group) is 1. The fraction of sp³-hybridized carbons (Fsp3) is 0.571. The normalized spacial score (nSPS) is 12.3. The first kappa shape index (κ1) is 16.9. The lowest BCUT2D eigenvalue weighted by molar-refractivity contribution is 0.333. The van der Waals surface area contributed by atoms with Gasteiger partial charge in [-0.25, -0.2) is 8.42 Å². The minimum atomic E-state index is -3.54. The van der Waals surface area contributed by atoms with Gasteiger partial charge in [0.2, 0.25) is 10.0 Å². The van der Waals surface area contributed by atoms with Gasteiger partial charge in [0.05, 0.1) is 5.69 Å². The Morgan fingerprint density at radius 3 is 2.30 bits per heavy atom. The zero-order chi connectivity index (χ0) is 15.3. The number of hydrogen-bond acceptors (Lipinski definition) is 4. The highest BCUT2D eigenvalue weighted by Gasteiger charge is 2.27.